The number of unbranched alkanes of at least 4 members (excludes halogenated alkanes) is 4. The molecule has 4 rings (SSSR count). The van der Waals surface area contributed by atoms with Crippen LogP contribution in [0.5, 0.6) is 0 Å². The fraction of sp³-hybridized carbons (Fsp3) is 0.423. The number of halogens is 1. The molecule has 0 amide bonds. The predicted molar refractivity (Wildman–Crippen MR) is 151 cm³/mol. The molecule has 14 heteroatoms. The molecule has 2 heterocycles. The number of hydrogen-bond donors (Lipinski definition) is 4. The highest BCUT2D eigenvalue weighted by Gasteiger charge is 2.19. The van der Waals surface area contributed by atoms with E-state index in [0.29, 0.717) is 48.7 Å². The molecule has 40 heavy (non-hydrogen) atoms. The van der Waals surface area contributed by atoms with Crippen molar-refractivity contribution in [1.82, 2.24) is 25.3 Å². The zero-order chi connectivity index (χ0) is 28.2. The Morgan fingerprint density at radius 2 is 1.48 bits per heavy atom. The minimum Gasteiger partial charge on any atom is -0.383 e. The summed E-state index contributed by atoms with van der Waals surface area (Å²) in [5.74, 6) is 1.09. The third kappa shape index (κ3) is 8.19. The first-order chi connectivity index (χ1) is 19.5. The van der Waals surface area contributed by atoms with E-state index in [2.05, 4.69) is 53.5 Å². The van der Waals surface area contributed by atoms with Gasteiger partial charge in [0, 0.05) is 32.2 Å². The lowest BCUT2D eigenvalue weighted by atomic mass is 10.2. The van der Waals surface area contributed by atoms with E-state index >= 15 is 0 Å². The predicted octanol–water partition coefficient (Wildman–Crippen LogP) is 5.36. The second-order valence-electron chi connectivity index (χ2n) is 9.19. The molecule has 0 saturated carbocycles. The van der Waals surface area contributed by atoms with Gasteiger partial charge in [-0.3, -0.25) is 10.1 Å². The molecule has 0 aliphatic heterocycles. The number of nitro groups is 1. The maximum absolute atomic E-state index is 13.5. The minimum absolute atomic E-state index is 0.133. The highest BCUT2D eigenvalue weighted by molar-refractivity contribution is 5.93. The second kappa shape index (κ2) is 14.5. The van der Waals surface area contributed by atoms with Crippen LogP contribution in [0.3, 0.4) is 0 Å². The number of rotatable bonds is 17. The number of non-ortho nitro benzene ring substituents is 1. The molecular formula is C26H33FN10O3. The van der Waals surface area contributed by atoms with E-state index in [1.54, 1.807) is 12.1 Å². The van der Waals surface area contributed by atoms with Crippen molar-refractivity contribution in [2.75, 3.05) is 40.9 Å². The van der Waals surface area contributed by atoms with Crippen molar-refractivity contribution in [3.63, 3.8) is 0 Å². The first kappa shape index (κ1) is 28.4. The molecule has 0 aliphatic rings. The molecule has 2 aromatic carbocycles. The minimum atomic E-state index is -0.505. The highest BCUT2D eigenvalue weighted by atomic mass is 19.1. The molecule has 4 N–H and O–H groups in total. The Morgan fingerprint density at radius 1 is 0.825 bits per heavy atom. The van der Waals surface area contributed by atoms with Gasteiger partial charge in [0.05, 0.1) is 10.6 Å². The van der Waals surface area contributed by atoms with Crippen LogP contribution in [0.1, 0.15) is 51.0 Å². The van der Waals surface area contributed by atoms with E-state index in [0.717, 1.165) is 50.6 Å². The number of nitrogens with zero attached hydrogens (tertiary/aromatic N) is 6. The summed E-state index contributed by atoms with van der Waals surface area (Å²) in [4.78, 5) is 24.0. The monoisotopic (exact) mass is 552 g/mol. The summed E-state index contributed by atoms with van der Waals surface area (Å²) in [6, 6.07) is 9.41. The molecule has 4 aromatic rings. The van der Waals surface area contributed by atoms with Crippen molar-refractivity contribution < 1.29 is 13.9 Å². The first-order valence-corrected chi connectivity index (χ1v) is 13.4. The van der Waals surface area contributed by atoms with E-state index in [4.69, 9.17) is 4.63 Å². The normalized spacial score (nSPS) is 10.9. The number of fused-ring (bicyclic) bond motifs is 1. The van der Waals surface area contributed by atoms with Crippen LogP contribution in [0.2, 0.25) is 0 Å². The Labute approximate surface area is 230 Å². The molecular weight excluding hydrogens is 519 g/mol. The van der Waals surface area contributed by atoms with Crippen LogP contribution in [0.15, 0.2) is 41.0 Å². The smallest absolute Gasteiger partial charge is 0.300 e. The molecule has 2 aromatic heterocycles. The van der Waals surface area contributed by atoms with Gasteiger partial charge < -0.3 is 21.3 Å². The zero-order valence-corrected chi connectivity index (χ0v) is 22.3. The van der Waals surface area contributed by atoms with Crippen molar-refractivity contribution >= 4 is 40.3 Å². The van der Waals surface area contributed by atoms with Gasteiger partial charge in [0.2, 0.25) is 23.4 Å². The molecule has 0 unspecified atom stereocenters. The van der Waals surface area contributed by atoms with Crippen LogP contribution in [0.4, 0.5) is 33.6 Å². The SMILES string of the molecule is CCCCNc1nc(NCCCCCCNc2ccc([N+](=O)[O-])c3nonc23)nc(NCc2cccc(F)c2)n1. The second-order valence-corrected chi connectivity index (χ2v) is 9.19. The Bertz CT molecular complexity index is 1400. The quantitative estimate of drug-likeness (QED) is 0.0752. The molecule has 0 radical (unpaired) electrons. The Balaban J connectivity index is 1.21. The average molecular weight is 553 g/mol. The summed E-state index contributed by atoms with van der Waals surface area (Å²) in [6.45, 7) is 4.65. The topological polar surface area (TPSA) is 169 Å². The Kier molecular flexibility index (Phi) is 10.3. The third-order valence-corrected chi connectivity index (χ3v) is 6.08. The van der Waals surface area contributed by atoms with Gasteiger partial charge in [-0.2, -0.15) is 15.0 Å². The number of anilines is 4. The number of aromatic nitrogens is 5. The molecule has 0 atom stereocenters. The standard InChI is InChI=1S/C26H33FN10O3/c1-2-3-13-29-24-32-25(34-26(33-24)31-17-18-9-8-10-19(27)16-18)30-15-7-5-4-6-14-28-20-11-12-21(37(38)39)23-22(20)35-40-36-23/h8-12,16,28H,2-7,13-15,17H2,1H3,(H3,29,30,31,32,33,34). The van der Waals surface area contributed by atoms with Crippen molar-refractivity contribution in [3.8, 4) is 0 Å². The van der Waals surface area contributed by atoms with E-state index in [1.165, 1.54) is 18.2 Å². The van der Waals surface area contributed by atoms with Gasteiger partial charge >= 0.3 is 5.69 Å². The maximum atomic E-state index is 13.5. The Morgan fingerprint density at radius 3 is 2.15 bits per heavy atom. The van der Waals surface area contributed by atoms with Crippen LogP contribution in [0.25, 0.3) is 11.0 Å². The van der Waals surface area contributed by atoms with Gasteiger partial charge in [0.15, 0.2) is 5.52 Å². The van der Waals surface area contributed by atoms with Crippen molar-refractivity contribution in [3.05, 3.63) is 57.9 Å². The zero-order valence-electron chi connectivity index (χ0n) is 22.3. The van der Waals surface area contributed by atoms with Gasteiger partial charge in [-0.1, -0.05) is 38.3 Å². The van der Waals surface area contributed by atoms with Crippen LogP contribution in [0, 0.1) is 15.9 Å². The van der Waals surface area contributed by atoms with E-state index in [-0.39, 0.29) is 17.0 Å². The largest absolute Gasteiger partial charge is 0.383 e. The summed E-state index contributed by atoms with van der Waals surface area (Å²) in [5, 5.41) is 31.5. The van der Waals surface area contributed by atoms with E-state index < -0.39 is 4.92 Å². The van der Waals surface area contributed by atoms with Crippen molar-refractivity contribution in [2.24, 2.45) is 0 Å². The van der Waals surface area contributed by atoms with Crippen LogP contribution in [-0.2, 0) is 6.54 Å². The van der Waals surface area contributed by atoms with Crippen LogP contribution in [-0.4, -0.2) is 49.8 Å². The summed E-state index contributed by atoms with van der Waals surface area (Å²) >= 11 is 0. The molecule has 0 saturated heterocycles. The fourth-order valence-electron chi connectivity index (χ4n) is 3.99. The third-order valence-electron chi connectivity index (χ3n) is 6.08. The Hall–Kier alpha value is -4.62. The summed E-state index contributed by atoms with van der Waals surface area (Å²) in [7, 11) is 0. The number of benzene rings is 2. The van der Waals surface area contributed by atoms with Crippen molar-refractivity contribution in [2.45, 2.75) is 52.0 Å². The lowest BCUT2D eigenvalue weighted by Crippen LogP contribution is -2.13. The lowest BCUT2D eigenvalue weighted by molar-refractivity contribution is -0.383. The van der Waals surface area contributed by atoms with Crippen LogP contribution >= 0.6 is 0 Å². The van der Waals surface area contributed by atoms with Crippen molar-refractivity contribution in [1.29, 1.82) is 0 Å². The lowest BCUT2D eigenvalue weighted by Gasteiger charge is -2.11. The molecule has 0 bridgehead atoms. The highest BCUT2D eigenvalue weighted by Crippen LogP contribution is 2.28. The number of nitro benzene ring substituents is 1. The molecule has 0 aliphatic carbocycles. The maximum Gasteiger partial charge on any atom is 0.300 e. The summed E-state index contributed by atoms with van der Waals surface area (Å²) in [6.07, 6.45) is 5.87. The van der Waals surface area contributed by atoms with Gasteiger partial charge in [0.1, 0.15) is 5.82 Å². The van der Waals surface area contributed by atoms with Gasteiger partial charge in [-0.15, -0.1) is 0 Å². The fourth-order valence-corrected chi connectivity index (χ4v) is 3.99. The molecule has 13 nitrogen and oxygen atoms in total. The molecule has 0 spiro atoms. The average Bonchev–Trinajstić information content (AvgIpc) is 3.44. The van der Waals surface area contributed by atoms with E-state index in [9.17, 15) is 14.5 Å². The summed E-state index contributed by atoms with van der Waals surface area (Å²) in [5.41, 5.74) is 1.80. The number of nitrogens with one attached hydrogen (secondary N) is 4. The molecule has 0 fully saturated rings. The van der Waals surface area contributed by atoms with E-state index in [1.807, 2.05) is 6.07 Å². The first-order valence-electron chi connectivity index (χ1n) is 13.4. The van der Waals surface area contributed by atoms with Gasteiger partial charge in [-0.25, -0.2) is 9.02 Å². The molecule has 212 valence electrons. The van der Waals surface area contributed by atoms with Gasteiger partial charge in [-0.05, 0) is 53.3 Å². The number of hydrogen-bond acceptors (Lipinski definition) is 12. The summed E-state index contributed by atoms with van der Waals surface area (Å²) < 4.78 is 18.2. The van der Waals surface area contributed by atoms with Crippen LogP contribution < -0.4 is 21.3 Å². The van der Waals surface area contributed by atoms with Gasteiger partial charge in [0.25, 0.3) is 0 Å².